The minimum atomic E-state index is -0.467. The summed E-state index contributed by atoms with van der Waals surface area (Å²) in [5, 5.41) is 13.6. The van der Waals surface area contributed by atoms with Gasteiger partial charge in [-0.2, -0.15) is 0 Å². The van der Waals surface area contributed by atoms with Gasteiger partial charge >= 0.3 is 0 Å². The molecular weight excluding hydrogens is 286 g/mol. The minimum Gasteiger partial charge on any atom is -0.364 e. The van der Waals surface area contributed by atoms with E-state index in [1.807, 2.05) is 20.8 Å². The van der Waals surface area contributed by atoms with E-state index < -0.39 is 4.92 Å². The van der Waals surface area contributed by atoms with Crippen LogP contribution < -0.4 is 10.2 Å². The molecule has 0 spiro atoms. The molecule has 0 aliphatic carbocycles. The van der Waals surface area contributed by atoms with E-state index in [-0.39, 0.29) is 23.8 Å². The van der Waals surface area contributed by atoms with Crippen LogP contribution >= 0.6 is 0 Å². The van der Waals surface area contributed by atoms with E-state index in [4.69, 9.17) is 4.74 Å². The molecule has 2 atom stereocenters. The summed E-state index contributed by atoms with van der Waals surface area (Å²) >= 11 is 0. The van der Waals surface area contributed by atoms with Crippen molar-refractivity contribution < 1.29 is 19.4 Å². The fraction of sp³-hybridized carbons (Fsp3) is 0.533. The van der Waals surface area contributed by atoms with Crippen LogP contribution in [0.25, 0.3) is 0 Å². The van der Waals surface area contributed by atoms with Crippen molar-refractivity contribution in [3.8, 4) is 0 Å². The lowest BCUT2D eigenvalue weighted by atomic mass is 10.1. The van der Waals surface area contributed by atoms with E-state index in [0.717, 1.165) is 23.6 Å². The molecule has 0 unspecified atom stereocenters. The van der Waals surface area contributed by atoms with Gasteiger partial charge in [0.15, 0.2) is 6.54 Å². The average Bonchev–Trinajstić information content (AvgIpc) is 2.39. The Morgan fingerprint density at radius 3 is 2.64 bits per heavy atom. The number of nitro benzene ring substituents is 1. The van der Waals surface area contributed by atoms with E-state index in [0.29, 0.717) is 12.2 Å². The summed E-state index contributed by atoms with van der Waals surface area (Å²) in [5.41, 5.74) is 1.27. The molecule has 1 aliphatic heterocycles. The number of amides is 1. The first-order valence-corrected chi connectivity index (χ1v) is 7.39. The summed E-state index contributed by atoms with van der Waals surface area (Å²) in [6.45, 7) is 7.71. The van der Waals surface area contributed by atoms with Gasteiger partial charge in [0.1, 0.15) is 25.3 Å². The van der Waals surface area contributed by atoms with Crippen molar-refractivity contribution in [1.82, 2.24) is 0 Å². The molecule has 1 aromatic carbocycles. The number of hydrogen-bond acceptors (Lipinski definition) is 4. The quantitative estimate of drug-likeness (QED) is 0.628. The zero-order chi connectivity index (χ0) is 16.3. The van der Waals surface area contributed by atoms with Gasteiger partial charge in [0.2, 0.25) is 0 Å². The van der Waals surface area contributed by atoms with E-state index in [9.17, 15) is 14.9 Å². The first kappa shape index (κ1) is 16.4. The van der Waals surface area contributed by atoms with E-state index in [1.54, 1.807) is 6.07 Å². The van der Waals surface area contributed by atoms with Crippen LogP contribution in [-0.4, -0.2) is 42.7 Å². The van der Waals surface area contributed by atoms with Crippen LogP contribution in [0.4, 0.5) is 11.4 Å². The van der Waals surface area contributed by atoms with E-state index in [1.165, 1.54) is 12.1 Å². The van der Waals surface area contributed by atoms with Crippen molar-refractivity contribution in [1.29, 1.82) is 0 Å². The number of hydrogen-bond donors (Lipinski definition) is 2. The first-order chi connectivity index (χ1) is 10.3. The van der Waals surface area contributed by atoms with Crippen molar-refractivity contribution in [2.75, 3.05) is 25.0 Å². The molecular formula is C15H22N3O4+. The molecule has 7 heteroatoms. The number of nitrogens with zero attached hydrogens (tertiary/aromatic N) is 1. The Morgan fingerprint density at radius 2 is 2.05 bits per heavy atom. The Kier molecular flexibility index (Phi) is 5.10. The van der Waals surface area contributed by atoms with E-state index in [2.05, 4.69) is 5.32 Å². The lowest BCUT2D eigenvalue weighted by Crippen LogP contribution is -3.16. The van der Waals surface area contributed by atoms with Gasteiger partial charge in [-0.1, -0.05) is 6.07 Å². The second-order valence-electron chi connectivity index (χ2n) is 5.90. The summed E-state index contributed by atoms with van der Waals surface area (Å²) in [6, 6.07) is 4.47. The molecule has 1 aliphatic rings. The Hall–Kier alpha value is -1.99. The van der Waals surface area contributed by atoms with Crippen LogP contribution in [0.15, 0.2) is 18.2 Å². The Labute approximate surface area is 129 Å². The van der Waals surface area contributed by atoms with Gasteiger partial charge in [-0.05, 0) is 26.3 Å². The van der Waals surface area contributed by atoms with Crippen LogP contribution in [0, 0.1) is 17.0 Å². The largest absolute Gasteiger partial charge is 0.364 e. The van der Waals surface area contributed by atoms with Gasteiger partial charge in [0.05, 0.1) is 10.6 Å². The summed E-state index contributed by atoms with van der Waals surface area (Å²) in [7, 11) is 0. The lowest BCUT2D eigenvalue weighted by molar-refractivity contribution is -0.907. The number of morpholine rings is 1. The third-order valence-corrected chi connectivity index (χ3v) is 3.73. The number of non-ortho nitro benzene ring substituents is 1. The molecule has 1 heterocycles. The topological polar surface area (TPSA) is 85.9 Å². The molecule has 0 saturated carbocycles. The lowest BCUT2D eigenvalue weighted by Gasteiger charge is -2.31. The molecule has 1 aromatic rings. The van der Waals surface area contributed by atoms with Crippen LogP contribution in [0.5, 0.6) is 0 Å². The van der Waals surface area contributed by atoms with Gasteiger partial charge in [-0.3, -0.25) is 14.9 Å². The molecule has 22 heavy (non-hydrogen) atoms. The van der Waals surface area contributed by atoms with Crippen molar-refractivity contribution in [3.05, 3.63) is 33.9 Å². The number of carbonyl (C=O) groups excluding carboxylic acids is 1. The number of anilines is 1. The average molecular weight is 308 g/mol. The monoisotopic (exact) mass is 308 g/mol. The predicted octanol–water partition coefficient (Wildman–Crippen LogP) is 0.534. The number of aryl methyl sites for hydroxylation is 1. The molecule has 0 radical (unpaired) electrons. The number of carbonyl (C=O) groups is 1. The number of rotatable bonds is 4. The van der Waals surface area contributed by atoms with Crippen LogP contribution in [0.3, 0.4) is 0 Å². The molecule has 0 aromatic heterocycles. The van der Waals surface area contributed by atoms with Crippen LogP contribution in [-0.2, 0) is 9.53 Å². The second kappa shape index (κ2) is 6.85. The highest BCUT2D eigenvalue weighted by molar-refractivity contribution is 5.92. The fourth-order valence-corrected chi connectivity index (χ4v) is 2.81. The predicted molar refractivity (Wildman–Crippen MR) is 82.0 cm³/mol. The standard InChI is InChI=1S/C15H21N3O4/c1-10-4-5-13(18(20)21)6-14(10)16-15(19)9-17-7-11(2)22-12(3)8-17/h4-6,11-12H,7-9H2,1-3H3,(H,16,19)/p+1/t11-,12-/m1/s1. The maximum Gasteiger partial charge on any atom is 0.279 e. The van der Waals surface area contributed by atoms with Gasteiger partial charge < -0.3 is 15.0 Å². The Bertz CT molecular complexity index is 566. The molecule has 1 saturated heterocycles. The summed E-state index contributed by atoms with van der Waals surface area (Å²) in [5.74, 6) is -0.139. The van der Waals surface area contributed by atoms with Gasteiger partial charge in [0.25, 0.3) is 11.6 Å². The van der Waals surface area contributed by atoms with Crippen LogP contribution in [0.1, 0.15) is 19.4 Å². The van der Waals surface area contributed by atoms with Gasteiger partial charge in [-0.25, -0.2) is 0 Å². The minimum absolute atomic E-state index is 0.0261. The van der Waals surface area contributed by atoms with Gasteiger partial charge in [0, 0.05) is 12.1 Å². The molecule has 1 fully saturated rings. The molecule has 0 bridgehead atoms. The first-order valence-electron chi connectivity index (χ1n) is 7.39. The van der Waals surface area contributed by atoms with Crippen molar-refractivity contribution in [3.63, 3.8) is 0 Å². The van der Waals surface area contributed by atoms with Crippen molar-refractivity contribution in [2.24, 2.45) is 0 Å². The van der Waals surface area contributed by atoms with E-state index >= 15 is 0 Å². The van der Waals surface area contributed by atoms with Crippen molar-refractivity contribution in [2.45, 2.75) is 33.0 Å². The summed E-state index contributed by atoms with van der Waals surface area (Å²) < 4.78 is 5.65. The fourth-order valence-electron chi connectivity index (χ4n) is 2.81. The molecule has 2 N–H and O–H groups in total. The number of nitrogens with one attached hydrogen (secondary N) is 2. The van der Waals surface area contributed by atoms with Crippen LogP contribution in [0.2, 0.25) is 0 Å². The van der Waals surface area contributed by atoms with Gasteiger partial charge in [-0.15, -0.1) is 0 Å². The number of benzene rings is 1. The molecule has 120 valence electrons. The maximum absolute atomic E-state index is 12.2. The number of ether oxygens (including phenoxy) is 1. The Balaban J connectivity index is 2.00. The second-order valence-corrected chi connectivity index (χ2v) is 5.90. The zero-order valence-electron chi connectivity index (χ0n) is 13.1. The van der Waals surface area contributed by atoms with Crippen molar-refractivity contribution >= 4 is 17.3 Å². The highest BCUT2D eigenvalue weighted by Gasteiger charge is 2.27. The summed E-state index contributed by atoms with van der Waals surface area (Å²) in [6.07, 6.45) is 0.261. The molecule has 1 amide bonds. The zero-order valence-corrected chi connectivity index (χ0v) is 13.1. The number of quaternary nitrogens is 1. The Morgan fingerprint density at radius 1 is 1.41 bits per heavy atom. The molecule has 2 rings (SSSR count). The third-order valence-electron chi connectivity index (χ3n) is 3.73. The number of nitro groups is 1. The highest BCUT2D eigenvalue weighted by atomic mass is 16.6. The SMILES string of the molecule is Cc1ccc([N+](=O)[O-])cc1NC(=O)C[NH+]1C[C@@H](C)O[C@H](C)C1. The summed E-state index contributed by atoms with van der Waals surface area (Å²) in [4.78, 5) is 23.7. The highest BCUT2D eigenvalue weighted by Crippen LogP contribution is 2.21. The normalized spacial score (nSPS) is 24.8. The smallest absolute Gasteiger partial charge is 0.279 e. The third kappa shape index (κ3) is 4.25. The maximum atomic E-state index is 12.2. The molecule has 7 nitrogen and oxygen atoms in total.